The predicted molar refractivity (Wildman–Crippen MR) is 65.4 cm³/mol. The molecule has 7 heteroatoms. The van der Waals surface area contributed by atoms with Crippen LogP contribution in [0, 0.1) is 0 Å². The van der Waals surface area contributed by atoms with Crippen LogP contribution in [0.3, 0.4) is 0 Å². The Morgan fingerprint density at radius 2 is 2.10 bits per heavy atom. The van der Waals surface area contributed by atoms with E-state index in [0.717, 1.165) is 25.0 Å². The summed E-state index contributed by atoms with van der Waals surface area (Å²) in [5.74, 6) is 0.710. The molecule has 0 radical (unpaired) electrons. The molecule has 20 heavy (non-hydrogen) atoms. The van der Waals surface area contributed by atoms with Gasteiger partial charge in [0.2, 0.25) is 0 Å². The van der Waals surface area contributed by atoms with Gasteiger partial charge in [0.25, 0.3) is 0 Å². The molecule has 0 saturated carbocycles. The average molecular weight is 283 g/mol. The number of hydrogen-bond donors (Lipinski definition) is 0. The van der Waals surface area contributed by atoms with Crippen molar-refractivity contribution in [2.45, 2.75) is 32.1 Å². The highest BCUT2D eigenvalue weighted by Gasteiger charge is 2.30. The van der Waals surface area contributed by atoms with Crippen LogP contribution < -0.4 is 5.69 Å². The van der Waals surface area contributed by atoms with Gasteiger partial charge in [-0.3, -0.25) is 4.57 Å². The molecule has 3 rings (SSSR count). The maximum atomic E-state index is 12.6. The van der Waals surface area contributed by atoms with Gasteiger partial charge in [0, 0.05) is 13.0 Å². The molecule has 1 aromatic heterocycles. The Labute approximate surface area is 112 Å². The standard InChI is InChI=1S/C13H12F3N3O/c14-13(15,16)10-4-1-3-9(7-10)8-19-12(20)18-6-2-5-11(18)17-19/h1,3-4,7H,2,5-6,8H2. The fraction of sp³-hybridized carbons (Fsp3) is 0.385. The quantitative estimate of drug-likeness (QED) is 0.846. The molecule has 0 atom stereocenters. The van der Waals surface area contributed by atoms with Crippen LogP contribution in [-0.2, 0) is 25.7 Å². The van der Waals surface area contributed by atoms with Gasteiger partial charge >= 0.3 is 11.9 Å². The summed E-state index contributed by atoms with van der Waals surface area (Å²) < 4.78 is 40.7. The largest absolute Gasteiger partial charge is 0.416 e. The van der Waals surface area contributed by atoms with E-state index in [1.165, 1.54) is 10.7 Å². The Kier molecular flexibility index (Phi) is 2.92. The van der Waals surface area contributed by atoms with Gasteiger partial charge in [-0.2, -0.15) is 18.3 Å². The first-order chi connectivity index (χ1) is 9.45. The van der Waals surface area contributed by atoms with Crippen molar-refractivity contribution in [1.29, 1.82) is 0 Å². The second-order valence-electron chi connectivity index (χ2n) is 4.81. The first-order valence-corrected chi connectivity index (χ1v) is 6.28. The lowest BCUT2D eigenvalue weighted by molar-refractivity contribution is -0.137. The van der Waals surface area contributed by atoms with Gasteiger partial charge in [-0.1, -0.05) is 12.1 Å². The summed E-state index contributed by atoms with van der Waals surface area (Å²) in [6, 6.07) is 4.97. The number of aromatic nitrogens is 3. The minimum Gasteiger partial charge on any atom is -0.279 e. The molecule has 0 amide bonds. The number of fused-ring (bicyclic) bond motifs is 1. The van der Waals surface area contributed by atoms with E-state index in [0.29, 0.717) is 17.9 Å². The van der Waals surface area contributed by atoms with Gasteiger partial charge in [0.05, 0.1) is 12.1 Å². The summed E-state index contributed by atoms with van der Waals surface area (Å²) >= 11 is 0. The van der Waals surface area contributed by atoms with Crippen LogP contribution >= 0.6 is 0 Å². The van der Waals surface area contributed by atoms with E-state index in [4.69, 9.17) is 0 Å². The van der Waals surface area contributed by atoms with Crippen LogP contribution in [0.15, 0.2) is 29.1 Å². The zero-order valence-electron chi connectivity index (χ0n) is 10.5. The third-order valence-corrected chi connectivity index (χ3v) is 3.37. The molecule has 106 valence electrons. The van der Waals surface area contributed by atoms with Crippen molar-refractivity contribution in [3.8, 4) is 0 Å². The van der Waals surface area contributed by atoms with Crippen LogP contribution in [0.25, 0.3) is 0 Å². The molecule has 0 N–H and O–H groups in total. The topological polar surface area (TPSA) is 39.8 Å². The maximum absolute atomic E-state index is 12.6. The van der Waals surface area contributed by atoms with Crippen LogP contribution in [0.4, 0.5) is 13.2 Å². The molecule has 1 aliphatic heterocycles. The number of benzene rings is 1. The van der Waals surface area contributed by atoms with Crippen LogP contribution in [0.2, 0.25) is 0 Å². The molecular weight excluding hydrogens is 271 g/mol. The Morgan fingerprint density at radius 3 is 2.80 bits per heavy atom. The monoisotopic (exact) mass is 283 g/mol. The van der Waals surface area contributed by atoms with E-state index in [9.17, 15) is 18.0 Å². The van der Waals surface area contributed by atoms with Gasteiger partial charge in [-0.05, 0) is 24.1 Å². The van der Waals surface area contributed by atoms with Crippen molar-refractivity contribution in [3.05, 3.63) is 51.7 Å². The fourth-order valence-electron chi connectivity index (χ4n) is 2.41. The zero-order valence-corrected chi connectivity index (χ0v) is 10.5. The number of alkyl halides is 3. The van der Waals surface area contributed by atoms with Crippen LogP contribution in [-0.4, -0.2) is 14.3 Å². The molecule has 0 spiro atoms. The zero-order chi connectivity index (χ0) is 14.3. The minimum atomic E-state index is -4.38. The smallest absolute Gasteiger partial charge is 0.279 e. The minimum absolute atomic E-state index is 0.0583. The second kappa shape index (κ2) is 4.50. The van der Waals surface area contributed by atoms with E-state index < -0.39 is 11.7 Å². The summed E-state index contributed by atoms with van der Waals surface area (Å²) in [7, 11) is 0. The van der Waals surface area contributed by atoms with Crippen LogP contribution in [0.1, 0.15) is 23.4 Å². The lowest BCUT2D eigenvalue weighted by atomic mass is 10.1. The molecule has 2 aromatic rings. The molecule has 0 saturated heterocycles. The maximum Gasteiger partial charge on any atom is 0.416 e. The number of halogens is 3. The van der Waals surface area contributed by atoms with Gasteiger partial charge in [-0.15, -0.1) is 0 Å². The Morgan fingerprint density at radius 1 is 1.30 bits per heavy atom. The van der Waals surface area contributed by atoms with Crippen molar-refractivity contribution in [1.82, 2.24) is 14.3 Å². The number of aryl methyl sites for hydroxylation is 1. The molecule has 4 nitrogen and oxygen atoms in total. The Hall–Kier alpha value is -2.05. The molecule has 0 fully saturated rings. The third kappa shape index (κ3) is 2.23. The number of rotatable bonds is 2. The molecule has 1 aliphatic rings. The molecule has 0 bridgehead atoms. The van der Waals surface area contributed by atoms with E-state index in [1.807, 2.05) is 0 Å². The number of nitrogens with zero attached hydrogens (tertiary/aromatic N) is 3. The molecule has 2 heterocycles. The average Bonchev–Trinajstić information content (AvgIpc) is 2.94. The first-order valence-electron chi connectivity index (χ1n) is 6.28. The SMILES string of the molecule is O=c1n(Cc2cccc(C(F)(F)F)c2)nc2n1CCC2. The van der Waals surface area contributed by atoms with Gasteiger partial charge in [0.1, 0.15) is 5.82 Å². The van der Waals surface area contributed by atoms with Crippen molar-refractivity contribution in [2.24, 2.45) is 0 Å². The summed E-state index contributed by atoms with van der Waals surface area (Å²) in [4.78, 5) is 12.0. The first kappa shape index (κ1) is 13.0. The summed E-state index contributed by atoms with van der Waals surface area (Å²) in [5, 5.41) is 4.16. The van der Waals surface area contributed by atoms with Gasteiger partial charge < -0.3 is 0 Å². The van der Waals surface area contributed by atoms with Gasteiger partial charge in [-0.25, -0.2) is 9.48 Å². The van der Waals surface area contributed by atoms with Crippen molar-refractivity contribution in [2.75, 3.05) is 0 Å². The Bertz CT molecular complexity index is 700. The molecule has 1 aromatic carbocycles. The van der Waals surface area contributed by atoms with Crippen LogP contribution in [0.5, 0.6) is 0 Å². The highest BCUT2D eigenvalue weighted by molar-refractivity contribution is 5.25. The Balaban J connectivity index is 1.91. The van der Waals surface area contributed by atoms with Crippen molar-refractivity contribution >= 4 is 0 Å². The fourth-order valence-corrected chi connectivity index (χ4v) is 2.41. The van der Waals surface area contributed by atoms with Crippen molar-refractivity contribution in [3.63, 3.8) is 0 Å². The normalized spacial score (nSPS) is 14.6. The molecule has 0 unspecified atom stereocenters. The van der Waals surface area contributed by atoms with E-state index in [-0.39, 0.29) is 12.2 Å². The third-order valence-electron chi connectivity index (χ3n) is 3.37. The van der Waals surface area contributed by atoms with Crippen molar-refractivity contribution < 1.29 is 13.2 Å². The lowest BCUT2D eigenvalue weighted by Gasteiger charge is -2.08. The van der Waals surface area contributed by atoms with E-state index in [2.05, 4.69) is 5.10 Å². The number of hydrogen-bond acceptors (Lipinski definition) is 2. The van der Waals surface area contributed by atoms with E-state index in [1.54, 1.807) is 10.6 Å². The molecule has 0 aliphatic carbocycles. The van der Waals surface area contributed by atoms with E-state index >= 15 is 0 Å². The predicted octanol–water partition coefficient (Wildman–Crippen LogP) is 2.06. The second-order valence-corrected chi connectivity index (χ2v) is 4.81. The summed E-state index contributed by atoms with van der Waals surface area (Å²) in [6.45, 7) is 0.694. The molecular formula is C13H12F3N3O. The highest BCUT2D eigenvalue weighted by atomic mass is 19.4. The summed E-state index contributed by atoms with van der Waals surface area (Å²) in [6.07, 6.45) is -2.75. The lowest BCUT2D eigenvalue weighted by Crippen LogP contribution is -2.24. The van der Waals surface area contributed by atoms with Gasteiger partial charge in [0.15, 0.2) is 0 Å². The highest BCUT2D eigenvalue weighted by Crippen LogP contribution is 2.29. The summed E-state index contributed by atoms with van der Waals surface area (Å²) in [5.41, 5.74) is -0.552.